The molecular weight excluding hydrogens is 438 g/mol. The number of aromatic nitrogens is 3. The minimum absolute atomic E-state index is 0.0677. The molecule has 2 amide bonds. The maximum absolute atomic E-state index is 12.4. The third kappa shape index (κ3) is 6.77. The summed E-state index contributed by atoms with van der Waals surface area (Å²) in [6.45, 7) is 8.30. The molecule has 0 spiro atoms. The number of hydrogen-bond donors (Lipinski definition) is 4. The van der Waals surface area contributed by atoms with Crippen LogP contribution < -0.4 is 21.3 Å². The Morgan fingerprint density at radius 2 is 1.29 bits per heavy atom. The van der Waals surface area contributed by atoms with Gasteiger partial charge in [0.1, 0.15) is 23.3 Å². The van der Waals surface area contributed by atoms with Crippen LogP contribution in [0.4, 0.5) is 39.3 Å². The lowest BCUT2D eigenvalue weighted by Gasteiger charge is -2.19. The van der Waals surface area contributed by atoms with E-state index in [-0.39, 0.29) is 11.4 Å². The average Bonchev–Trinajstić information content (AvgIpc) is 2.80. The third-order valence-electron chi connectivity index (χ3n) is 5.18. The van der Waals surface area contributed by atoms with E-state index < -0.39 is 0 Å². The highest BCUT2D eigenvalue weighted by Gasteiger charge is 2.13. The van der Waals surface area contributed by atoms with E-state index >= 15 is 0 Å². The van der Waals surface area contributed by atoms with Crippen LogP contribution in [0.1, 0.15) is 32.2 Å². The Bertz CT molecular complexity index is 1280. The van der Waals surface area contributed by atoms with Crippen molar-refractivity contribution in [1.29, 1.82) is 0 Å². The van der Waals surface area contributed by atoms with Crippen LogP contribution >= 0.6 is 0 Å². The van der Waals surface area contributed by atoms with Crippen molar-refractivity contribution in [1.82, 2.24) is 15.0 Å². The Balaban J connectivity index is 1.35. The van der Waals surface area contributed by atoms with Crippen molar-refractivity contribution in [3.05, 3.63) is 90.4 Å². The van der Waals surface area contributed by atoms with Crippen LogP contribution in [0, 0.1) is 6.92 Å². The van der Waals surface area contributed by atoms with Crippen molar-refractivity contribution in [2.24, 2.45) is 0 Å². The zero-order valence-corrected chi connectivity index (χ0v) is 20.3. The number of aryl methyl sites for hydroxylation is 1. The minimum Gasteiger partial charge on any atom is -0.340 e. The van der Waals surface area contributed by atoms with Gasteiger partial charge in [-0.15, -0.1) is 0 Å². The SMILES string of the molecule is Cc1nc(Nc2ccc(NC(=O)Nc3ccc(C(C)(C)C)cc3)cc2)cc(Nc2ccccn2)n1. The van der Waals surface area contributed by atoms with E-state index in [9.17, 15) is 4.79 Å². The first-order valence-electron chi connectivity index (χ1n) is 11.3. The van der Waals surface area contributed by atoms with Gasteiger partial charge in [-0.2, -0.15) is 0 Å². The van der Waals surface area contributed by atoms with Gasteiger partial charge in [-0.25, -0.2) is 19.7 Å². The minimum atomic E-state index is -0.300. The molecule has 8 heteroatoms. The first-order valence-corrected chi connectivity index (χ1v) is 11.3. The predicted molar refractivity (Wildman–Crippen MR) is 142 cm³/mol. The highest BCUT2D eigenvalue weighted by atomic mass is 16.2. The van der Waals surface area contributed by atoms with E-state index in [0.29, 0.717) is 29.0 Å². The second-order valence-corrected chi connectivity index (χ2v) is 9.13. The normalized spacial score (nSPS) is 11.0. The monoisotopic (exact) mass is 467 g/mol. The molecule has 4 aromatic rings. The molecule has 0 fully saturated rings. The molecule has 0 unspecified atom stereocenters. The van der Waals surface area contributed by atoms with Gasteiger partial charge in [-0.05, 0) is 66.4 Å². The van der Waals surface area contributed by atoms with Gasteiger partial charge in [0.15, 0.2) is 0 Å². The lowest BCUT2D eigenvalue weighted by molar-refractivity contribution is 0.262. The van der Waals surface area contributed by atoms with Gasteiger partial charge in [0, 0.05) is 29.3 Å². The van der Waals surface area contributed by atoms with Crippen LogP contribution in [0.5, 0.6) is 0 Å². The molecule has 4 rings (SSSR count). The Kier molecular flexibility index (Phi) is 6.91. The molecule has 2 heterocycles. The fraction of sp³-hybridized carbons (Fsp3) is 0.185. The number of anilines is 6. The molecule has 2 aromatic carbocycles. The van der Waals surface area contributed by atoms with Crippen LogP contribution in [-0.2, 0) is 5.41 Å². The van der Waals surface area contributed by atoms with Crippen LogP contribution in [0.3, 0.4) is 0 Å². The number of nitrogens with one attached hydrogen (secondary N) is 4. The molecule has 0 saturated heterocycles. The Hall–Kier alpha value is -4.46. The van der Waals surface area contributed by atoms with Crippen molar-refractivity contribution >= 4 is 40.5 Å². The fourth-order valence-corrected chi connectivity index (χ4v) is 3.40. The molecule has 2 aromatic heterocycles. The number of nitrogens with zero attached hydrogens (tertiary/aromatic N) is 3. The predicted octanol–water partition coefficient (Wildman–Crippen LogP) is 6.61. The Labute approximate surface area is 205 Å². The number of rotatable bonds is 6. The first-order chi connectivity index (χ1) is 16.7. The molecule has 8 nitrogen and oxygen atoms in total. The fourth-order valence-electron chi connectivity index (χ4n) is 3.40. The van der Waals surface area contributed by atoms with E-state index in [1.54, 1.807) is 6.20 Å². The van der Waals surface area contributed by atoms with Crippen molar-refractivity contribution in [3.63, 3.8) is 0 Å². The summed E-state index contributed by atoms with van der Waals surface area (Å²) in [4.78, 5) is 25.5. The molecule has 0 atom stereocenters. The molecule has 0 radical (unpaired) electrons. The number of benzene rings is 2. The summed E-state index contributed by atoms with van der Waals surface area (Å²) in [5.41, 5.74) is 3.53. The summed E-state index contributed by atoms with van der Waals surface area (Å²) in [6, 6.07) is 22.4. The molecule has 4 N–H and O–H groups in total. The number of pyridine rings is 1. The summed E-state index contributed by atoms with van der Waals surface area (Å²) in [7, 11) is 0. The van der Waals surface area contributed by atoms with Gasteiger partial charge < -0.3 is 21.3 Å². The topological polar surface area (TPSA) is 104 Å². The van der Waals surface area contributed by atoms with E-state index in [1.165, 1.54) is 5.56 Å². The van der Waals surface area contributed by atoms with E-state index in [1.807, 2.05) is 79.7 Å². The van der Waals surface area contributed by atoms with Gasteiger partial charge in [0.25, 0.3) is 0 Å². The maximum atomic E-state index is 12.4. The van der Waals surface area contributed by atoms with E-state index in [2.05, 4.69) is 57.0 Å². The highest BCUT2D eigenvalue weighted by molar-refractivity contribution is 5.99. The van der Waals surface area contributed by atoms with Crippen molar-refractivity contribution < 1.29 is 4.79 Å². The van der Waals surface area contributed by atoms with Gasteiger partial charge in [-0.3, -0.25) is 0 Å². The number of amides is 2. The summed E-state index contributed by atoms with van der Waals surface area (Å²) in [5, 5.41) is 12.2. The smallest absolute Gasteiger partial charge is 0.323 e. The molecule has 178 valence electrons. The molecule has 0 bridgehead atoms. The largest absolute Gasteiger partial charge is 0.340 e. The van der Waals surface area contributed by atoms with Gasteiger partial charge in [-0.1, -0.05) is 39.0 Å². The lowest BCUT2D eigenvalue weighted by Crippen LogP contribution is -2.19. The van der Waals surface area contributed by atoms with Gasteiger partial charge in [0.05, 0.1) is 0 Å². The standard InChI is InChI=1S/C27H29N7O/c1-18-29-24(17-25(30-18)34-23-7-5-6-16-28-23)31-20-12-14-22(15-13-20)33-26(35)32-21-10-8-19(9-11-21)27(2,3)4/h5-17H,1-4H3,(H2,32,33,35)(H2,28,29,30,31,34). The first kappa shape index (κ1) is 23.7. The quantitative estimate of drug-likeness (QED) is 0.254. The third-order valence-corrected chi connectivity index (χ3v) is 5.18. The van der Waals surface area contributed by atoms with Crippen LogP contribution in [-0.4, -0.2) is 21.0 Å². The molecule has 0 aliphatic carbocycles. The van der Waals surface area contributed by atoms with Gasteiger partial charge >= 0.3 is 6.03 Å². The van der Waals surface area contributed by atoms with Crippen molar-refractivity contribution in [2.75, 3.05) is 21.3 Å². The zero-order chi connectivity index (χ0) is 24.8. The van der Waals surface area contributed by atoms with E-state index in [0.717, 1.165) is 11.4 Å². The van der Waals surface area contributed by atoms with Gasteiger partial charge in [0.2, 0.25) is 0 Å². The number of carbonyl (C=O) groups excluding carboxylic acids is 1. The van der Waals surface area contributed by atoms with Crippen LogP contribution in [0.2, 0.25) is 0 Å². The molecule has 0 saturated carbocycles. The molecular formula is C27H29N7O. The van der Waals surface area contributed by atoms with E-state index in [4.69, 9.17) is 0 Å². The molecule has 0 aliphatic heterocycles. The van der Waals surface area contributed by atoms with Crippen LogP contribution in [0.25, 0.3) is 0 Å². The number of hydrogen-bond acceptors (Lipinski definition) is 6. The van der Waals surface area contributed by atoms with Crippen molar-refractivity contribution in [3.8, 4) is 0 Å². The summed E-state index contributed by atoms with van der Waals surface area (Å²) < 4.78 is 0. The summed E-state index contributed by atoms with van der Waals surface area (Å²) in [6.07, 6.45) is 1.72. The number of carbonyl (C=O) groups is 1. The number of urea groups is 1. The second-order valence-electron chi connectivity index (χ2n) is 9.13. The highest BCUT2D eigenvalue weighted by Crippen LogP contribution is 2.24. The maximum Gasteiger partial charge on any atom is 0.323 e. The Morgan fingerprint density at radius 1 is 0.714 bits per heavy atom. The molecule has 0 aliphatic rings. The Morgan fingerprint density at radius 3 is 1.86 bits per heavy atom. The van der Waals surface area contributed by atoms with Crippen LogP contribution in [0.15, 0.2) is 79.0 Å². The second kappa shape index (κ2) is 10.2. The average molecular weight is 468 g/mol. The zero-order valence-electron chi connectivity index (χ0n) is 20.3. The summed E-state index contributed by atoms with van der Waals surface area (Å²) >= 11 is 0. The summed E-state index contributed by atoms with van der Waals surface area (Å²) in [5.74, 6) is 2.62. The molecule has 35 heavy (non-hydrogen) atoms. The van der Waals surface area contributed by atoms with Crippen molar-refractivity contribution in [2.45, 2.75) is 33.1 Å². The lowest BCUT2D eigenvalue weighted by atomic mass is 9.87.